The molecule has 0 radical (unpaired) electrons. The Morgan fingerprint density at radius 3 is 3.08 bits per heavy atom. The standard InChI is InChI=1S/C18H21N5S2/c1-2-9-22-12-19-23(18(22)24)13-21-10-5-6-14(11-21)17-20-15-7-3-4-8-16(15)25-17/h2-4,7-8,12,14H,1,5-6,9-11,13H2. The molecule has 0 aliphatic carbocycles. The molecule has 4 rings (SSSR count). The van der Waals surface area contributed by atoms with Crippen molar-refractivity contribution in [2.75, 3.05) is 13.1 Å². The molecule has 1 saturated heterocycles. The van der Waals surface area contributed by atoms with E-state index in [9.17, 15) is 0 Å². The summed E-state index contributed by atoms with van der Waals surface area (Å²) in [5.74, 6) is 0.496. The van der Waals surface area contributed by atoms with Gasteiger partial charge in [-0.15, -0.1) is 17.9 Å². The van der Waals surface area contributed by atoms with E-state index in [0.717, 1.165) is 30.0 Å². The van der Waals surface area contributed by atoms with Crippen LogP contribution in [0.1, 0.15) is 23.8 Å². The number of nitrogens with zero attached hydrogens (tertiary/aromatic N) is 5. The number of para-hydroxylation sites is 1. The van der Waals surface area contributed by atoms with Crippen molar-refractivity contribution < 1.29 is 0 Å². The predicted octanol–water partition coefficient (Wildman–Crippen LogP) is 4.05. The molecule has 0 bridgehead atoms. The second-order valence-electron chi connectivity index (χ2n) is 6.43. The van der Waals surface area contributed by atoms with Gasteiger partial charge in [0.2, 0.25) is 0 Å². The number of rotatable bonds is 5. The highest BCUT2D eigenvalue weighted by Crippen LogP contribution is 2.33. The van der Waals surface area contributed by atoms with Crippen LogP contribution in [-0.4, -0.2) is 37.3 Å². The third-order valence-electron chi connectivity index (χ3n) is 4.62. The van der Waals surface area contributed by atoms with E-state index >= 15 is 0 Å². The zero-order valence-corrected chi connectivity index (χ0v) is 15.7. The molecule has 1 atom stereocenters. The molecule has 1 aromatic carbocycles. The van der Waals surface area contributed by atoms with Crippen molar-refractivity contribution >= 4 is 33.8 Å². The molecule has 0 N–H and O–H groups in total. The van der Waals surface area contributed by atoms with Gasteiger partial charge >= 0.3 is 0 Å². The van der Waals surface area contributed by atoms with E-state index in [4.69, 9.17) is 17.2 Å². The quantitative estimate of drug-likeness (QED) is 0.501. The van der Waals surface area contributed by atoms with Gasteiger partial charge in [-0.05, 0) is 43.7 Å². The highest BCUT2D eigenvalue weighted by atomic mass is 32.1. The first-order valence-corrected chi connectivity index (χ1v) is 9.78. The molecule has 0 amide bonds. The van der Waals surface area contributed by atoms with E-state index in [1.165, 1.54) is 22.5 Å². The van der Waals surface area contributed by atoms with Crippen molar-refractivity contribution in [2.45, 2.75) is 32.0 Å². The molecule has 5 nitrogen and oxygen atoms in total. The molecule has 3 aromatic rings. The zero-order chi connectivity index (χ0) is 17.2. The number of hydrogen-bond acceptors (Lipinski definition) is 5. The number of aromatic nitrogens is 4. The highest BCUT2D eigenvalue weighted by Gasteiger charge is 2.24. The van der Waals surface area contributed by atoms with Crippen LogP contribution in [0.25, 0.3) is 10.2 Å². The van der Waals surface area contributed by atoms with E-state index < -0.39 is 0 Å². The Morgan fingerprint density at radius 2 is 2.24 bits per heavy atom. The Morgan fingerprint density at radius 1 is 1.36 bits per heavy atom. The number of thiazole rings is 1. The second-order valence-corrected chi connectivity index (χ2v) is 7.86. The lowest BCUT2D eigenvalue weighted by atomic mass is 9.99. The van der Waals surface area contributed by atoms with Gasteiger partial charge in [0.25, 0.3) is 0 Å². The SMILES string of the molecule is C=CCn1cnn(CN2CCCC(c3nc4ccccc4s3)C2)c1=S. The normalized spacial score (nSPS) is 18.6. The van der Waals surface area contributed by atoms with Crippen LogP contribution in [0.15, 0.2) is 43.2 Å². The lowest BCUT2D eigenvalue weighted by Crippen LogP contribution is -2.36. The molecule has 3 heterocycles. The lowest BCUT2D eigenvalue weighted by molar-refractivity contribution is 0.156. The molecule has 25 heavy (non-hydrogen) atoms. The summed E-state index contributed by atoms with van der Waals surface area (Å²) in [6.45, 7) is 7.30. The Balaban J connectivity index is 1.49. The average Bonchev–Trinajstić information content (AvgIpc) is 3.21. The summed E-state index contributed by atoms with van der Waals surface area (Å²) in [5.41, 5.74) is 1.12. The molecular weight excluding hydrogens is 350 g/mol. The van der Waals surface area contributed by atoms with Crippen LogP contribution in [0.4, 0.5) is 0 Å². The summed E-state index contributed by atoms with van der Waals surface area (Å²) < 4.78 is 5.87. The van der Waals surface area contributed by atoms with Gasteiger partial charge in [-0.25, -0.2) is 9.67 Å². The van der Waals surface area contributed by atoms with Gasteiger partial charge in [-0.2, -0.15) is 5.10 Å². The van der Waals surface area contributed by atoms with Crippen LogP contribution in [0, 0.1) is 4.77 Å². The fraction of sp³-hybridized carbons (Fsp3) is 0.389. The van der Waals surface area contributed by atoms with E-state index in [0.29, 0.717) is 12.5 Å². The number of piperidine rings is 1. The molecule has 0 spiro atoms. The Hall–Kier alpha value is -1.83. The molecule has 0 saturated carbocycles. The molecule has 1 aliphatic rings. The van der Waals surface area contributed by atoms with Gasteiger partial charge in [0.05, 0.1) is 21.9 Å². The fourth-order valence-corrected chi connectivity index (χ4v) is 4.69. The minimum atomic E-state index is 0.496. The first-order chi connectivity index (χ1) is 12.2. The van der Waals surface area contributed by atoms with Crippen LogP contribution in [0.2, 0.25) is 0 Å². The maximum atomic E-state index is 5.50. The van der Waals surface area contributed by atoms with Crippen LogP contribution in [0.3, 0.4) is 0 Å². The Labute approximate surface area is 156 Å². The van der Waals surface area contributed by atoms with Crippen LogP contribution in [0.5, 0.6) is 0 Å². The summed E-state index contributed by atoms with van der Waals surface area (Å²) in [4.78, 5) is 7.29. The molecule has 1 unspecified atom stereocenters. The Bertz CT molecular complexity index is 905. The zero-order valence-electron chi connectivity index (χ0n) is 14.0. The molecule has 1 fully saturated rings. The van der Waals surface area contributed by atoms with E-state index in [2.05, 4.69) is 40.8 Å². The lowest BCUT2D eigenvalue weighted by Gasteiger charge is -2.31. The minimum Gasteiger partial charge on any atom is -0.303 e. The fourth-order valence-electron chi connectivity index (χ4n) is 3.37. The van der Waals surface area contributed by atoms with Crippen molar-refractivity contribution in [3.8, 4) is 0 Å². The van der Waals surface area contributed by atoms with E-state index in [1.54, 1.807) is 6.33 Å². The third kappa shape index (κ3) is 3.44. The van der Waals surface area contributed by atoms with Gasteiger partial charge in [0.1, 0.15) is 6.33 Å². The molecule has 130 valence electrons. The molecule has 1 aliphatic heterocycles. The monoisotopic (exact) mass is 371 g/mol. The maximum absolute atomic E-state index is 5.50. The van der Waals surface area contributed by atoms with Crippen molar-refractivity contribution in [3.63, 3.8) is 0 Å². The first kappa shape index (κ1) is 16.6. The van der Waals surface area contributed by atoms with E-state index in [1.807, 2.05) is 26.7 Å². The number of benzene rings is 1. The highest BCUT2D eigenvalue weighted by molar-refractivity contribution is 7.71. The van der Waals surface area contributed by atoms with Gasteiger partial charge in [0, 0.05) is 19.0 Å². The van der Waals surface area contributed by atoms with Gasteiger partial charge in [-0.1, -0.05) is 18.2 Å². The van der Waals surface area contributed by atoms with Crippen LogP contribution < -0.4 is 0 Å². The number of allylic oxidation sites excluding steroid dienone is 1. The predicted molar refractivity (Wildman–Crippen MR) is 104 cm³/mol. The first-order valence-electron chi connectivity index (χ1n) is 8.55. The average molecular weight is 372 g/mol. The van der Waals surface area contributed by atoms with Crippen molar-refractivity contribution in [3.05, 3.63) is 53.0 Å². The minimum absolute atomic E-state index is 0.496. The van der Waals surface area contributed by atoms with Crippen molar-refractivity contribution in [2.24, 2.45) is 0 Å². The summed E-state index contributed by atoms with van der Waals surface area (Å²) >= 11 is 7.33. The number of likely N-dealkylation sites (tertiary alicyclic amines) is 1. The summed E-state index contributed by atoms with van der Waals surface area (Å²) in [7, 11) is 0. The third-order valence-corrected chi connectivity index (χ3v) is 6.27. The second kappa shape index (κ2) is 7.19. The number of hydrogen-bond donors (Lipinski definition) is 0. The van der Waals surface area contributed by atoms with Crippen molar-refractivity contribution in [1.29, 1.82) is 0 Å². The van der Waals surface area contributed by atoms with Crippen LogP contribution in [-0.2, 0) is 13.2 Å². The molecule has 7 heteroatoms. The summed E-state index contributed by atoms with van der Waals surface area (Å²) in [5, 5.41) is 5.69. The smallest absolute Gasteiger partial charge is 0.199 e. The summed E-state index contributed by atoms with van der Waals surface area (Å²) in [6.07, 6.45) is 6.01. The van der Waals surface area contributed by atoms with Crippen LogP contribution >= 0.6 is 23.6 Å². The van der Waals surface area contributed by atoms with Gasteiger partial charge in [0.15, 0.2) is 4.77 Å². The van der Waals surface area contributed by atoms with E-state index in [-0.39, 0.29) is 0 Å². The Kier molecular flexibility index (Phi) is 4.78. The van der Waals surface area contributed by atoms with Crippen molar-refractivity contribution in [1.82, 2.24) is 24.2 Å². The van der Waals surface area contributed by atoms with Gasteiger partial charge < -0.3 is 4.57 Å². The topological polar surface area (TPSA) is 38.9 Å². The van der Waals surface area contributed by atoms with Gasteiger partial charge in [-0.3, -0.25) is 4.90 Å². The molecular formula is C18H21N5S2. The largest absolute Gasteiger partial charge is 0.303 e. The summed E-state index contributed by atoms with van der Waals surface area (Å²) in [6, 6.07) is 8.39. The number of fused-ring (bicyclic) bond motifs is 1. The maximum Gasteiger partial charge on any atom is 0.199 e. The molecule has 2 aromatic heterocycles.